The zero-order valence-corrected chi connectivity index (χ0v) is 18.1. The van der Waals surface area contributed by atoms with Gasteiger partial charge in [0.15, 0.2) is 0 Å². The minimum atomic E-state index is -4.52. The molecule has 0 saturated carbocycles. The molecular formula is C25H19ClF3NO3. The van der Waals surface area contributed by atoms with E-state index in [4.69, 9.17) is 16.3 Å². The number of allylic oxidation sites excluding steroid dienone is 2. The molecule has 0 fully saturated rings. The van der Waals surface area contributed by atoms with E-state index in [1.807, 2.05) is 0 Å². The molecule has 3 aromatic rings. The number of alkyl halides is 3. The number of hydrogen-bond donors (Lipinski definition) is 1. The van der Waals surface area contributed by atoms with Crippen LogP contribution in [0.5, 0.6) is 5.75 Å². The maximum atomic E-state index is 13.5. The molecule has 170 valence electrons. The van der Waals surface area contributed by atoms with Crippen LogP contribution in [0.4, 0.5) is 13.2 Å². The van der Waals surface area contributed by atoms with Crippen molar-refractivity contribution in [3.63, 3.8) is 0 Å². The summed E-state index contributed by atoms with van der Waals surface area (Å²) in [5, 5.41) is 9.77. The molecule has 0 atom stereocenters. The summed E-state index contributed by atoms with van der Waals surface area (Å²) >= 11 is 6.19. The Kier molecular flexibility index (Phi) is 6.42. The molecule has 1 heterocycles. The molecule has 0 aliphatic heterocycles. The van der Waals surface area contributed by atoms with Gasteiger partial charge in [0.2, 0.25) is 0 Å². The maximum Gasteiger partial charge on any atom is 0.416 e. The highest BCUT2D eigenvalue weighted by molar-refractivity contribution is 6.31. The average Bonchev–Trinajstić information content (AvgIpc) is 3.28. The quantitative estimate of drug-likeness (QED) is 0.414. The fourth-order valence-corrected chi connectivity index (χ4v) is 4.07. The number of pyridine rings is 1. The molecular weight excluding hydrogens is 455 g/mol. The first-order chi connectivity index (χ1) is 15.7. The Morgan fingerprint density at radius 3 is 2.52 bits per heavy atom. The van der Waals surface area contributed by atoms with Gasteiger partial charge in [0.1, 0.15) is 18.1 Å². The topological polar surface area (TPSA) is 59.4 Å². The molecule has 0 spiro atoms. The van der Waals surface area contributed by atoms with Crippen LogP contribution in [0.15, 0.2) is 60.7 Å². The van der Waals surface area contributed by atoms with Gasteiger partial charge in [0, 0.05) is 16.1 Å². The van der Waals surface area contributed by atoms with Gasteiger partial charge in [-0.05, 0) is 66.8 Å². The highest BCUT2D eigenvalue weighted by atomic mass is 35.5. The molecule has 4 rings (SSSR count). The molecule has 1 aliphatic carbocycles. The second kappa shape index (κ2) is 9.27. The molecule has 1 aliphatic rings. The molecule has 0 bridgehead atoms. The number of halogens is 4. The van der Waals surface area contributed by atoms with Gasteiger partial charge < -0.3 is 9.84 Å². The van der Waals surface area contributed by atoms with Crippen LogP contribution in [-0.2, 0) is 12.8 Å². The van der Waals surface area contributed by atoms with Crippen LogP contribution < -0.4 is 4.74 Å². The lowest BCUT2D eigenvalue weighted by atomic mass is 9.97. The predicted molar refractivity (Wildman–Crippen MR) is 119 cm³/mol. The van der Waals surface area contributed by atoms with Gasteiger partial charge in [-0.2, -0.15) is 13.2 Å². The van der Waals surface area contributed by atoms with Crippen molar-refractivity contribution >= 4 is 28.7 Å². The third-order valence-electron chi connectivity index (χ3n) is 5.47. The number of carboxylic acids is 1. The molecule has 4 nitrogen and oxygen atoms in total. The van der Waals surface area contributed by atoms with Crippen molar-refractivity contribution in [1.82, 2.24) is 4.98 Å². The molecule has 2 aromatic carbocycles. The molecule has 0 amide bonds. The Morgan fingerprint density at radius 2 is 1.79 bits per heavy atom. The van der Waals surface area contributed by atoms with Crippen molar-refractivity contribution in [1.29, 1.82) is 0 Å². The van der Waals surface area contributed by atoms with Crippen molar-refractivity contribution in [3.8, 4) is 5.75 Å². The number of aromatic nitrogens is 1. The van der Waals surface area contributed by atoms with Crippen molar-refractivity contribution in [2.24, 2.45) is 0 Å². The number of carbonyl (C=O) groups is 1. The highest BCUT2D eigenvalue weighted by Crippen LogP contribution is 2.44. The normalized spacial score (nSPS) is 13.9. The van der Waals surface area contributed by atoms with E-state index in [1.54, 1.807) is 36.4 Å². The summed E-state index contributed by atoms with van der Waals surface area (Å²) < 4.78 is 46.4. The van der Waals surface area contributed by atoms with Crippen LogP contribution in [0, 0.1) is 0 Å². The summed E-state index contributed by atoms with van der Waals surface area (Å²) in [6.07, 6.45) is -2.70. The number of rotatable bonds is 6. The predicted octanol–water partition coefficient (Wildman–Crippen LogP) is 7.13. The number of aromatic carboxylic acids is 1. The largest absolute Gasteiger partial charge is 0.488 e. The molecule has 1 N–H and O–H groups in total. The fraction of sp³-hybridized carbons (Fsp3) is 0.200. The SMILES string of the molecule is O=C(O)c1cccc(C2=C(c3cc(C(F)(F)F)ccc3OCc3ccccc3Cl)CCC2)n1. The molecule has 33 heavy (non-hydrogen) atoms. The summed E-state index contributed by atoms with van der Waals surface area (Å²) in [5.41, 5.74) is 1.97. The zero-order valence-electron chi connectivity index (χ0n) is 17.3. The first-order valence-electron chi connectivity index (χ1n) is 10.2. The summed E-state index contributed by atoms with van der Waals surface area (Å²) in [6.45, 7) is 0.0907. The van der Waals surface area contributed by atoms with Gasteiger partial charge in [-0.1, -0.05) is 35.9 Å². The van der Waals surface area contributed by atoms with E-state index in [-0.39, 0.29) is 12.3 Å². The third-order valence-corrected chi connectivity index (χ3v) is 5.84. The van der Waals surface area contributed by atoms with Gasteiger partial charge in [0.25, 0.3) is 0 Å². The molecule has 8 heteroatoms. The zero-order chi connectivity index (χ0) is 23.6. The smallest absolute Gasteiger partial charge is 0.416 e. The van der Waals surface area contributed by atoms with E-state index in [0.717, 1.165) is 17.7 Å². The Labute approximate surface area is 193 Å². The van der Waals surface area contributed by atoms with Gasteiger partial charge in [0.05, 0.1) is 11.3 Å². The van der Waals surface area contributed by atoms with E-state index >= 15 is 0 Å². The van der Waals surface area contributed by atoms with Crippen LogP contribution in [0.1, 0.15) is 52.1 Å². The lowest BCUT2D eigenvalue weighted by Gasteiger charge is -2.17. The first kappa shape index (κ1) is 22.9. The van der Waals surface area contributed by atoms with Gasteiger partial charge >= 0.3 is 12.1 Å². The number of ether oxygens (including phenoxy) is 1. The molecule has 1 aromatic heterocycles. The molecule has 0 unspecified atom stereocenters. The van der Waals surface area contributed by atoms with Gasteiger partial charge in [-0.15, -0.1) is 0 Å². The van der Waals surface area contributed by atoms with E-state index in [1.165, 1.54) is 12.1 Å². The summed E-state index contributed by atoms with van der Waals surface area (Å²) in [5.74, 6) is -0.869. The maximum absolute atomic E-state index is 13.5. The lowest BCUT2D eigenvalue weighted by molar-refractivity contribution is -0.137. The lowest BCUT2D eigenvalue weighted by Crippen LogP contribution is -2.07. The van der Waals surface area contributed by atoms with Crippen molar-refractivity contribution in [2.75, 3.05) is 0 Å². The van der Waals surface area contributed by atoms with E-state index in [9.17, 15) is 23.1 Å². The summed E-state index contributed by atoms with van der Waals surface area (Å²) in [6, 6.07) is 15.1. The van der Waals surface area contributed by atoms with E-state index < -0.39 is 17.7 Å². The van der Waals surface area contributed by atoms with Crippen molar-refractivity contribution in [2.45, 2.75) is 32.0 Å². The van der Waals surface area contributed by atoms with Crippen LogP contribution in [0.3, 0.4) is 0 Å². The Bertz CT molecular complexity index is 1240. The van der Waals surface area contributed by atoms with E-state index in [0.29, 0.717) is 52.4 Å². The standard InChI is InChI=1S/C25H19ClF3NO3/c26-20-8-2-1-5-15(20)14-33-23-12-11-16(25(27,28)29)13-19(23)17-6-3-7-18(17)21-9-4-10-22(30-21)24(31)32/h1-2,4-5,8-13H,3,6-7,14H2,(H,31,32). The van der Waals surface area contributed by atoms with Crippen molar-refractivity contribution < 1.29 is 27.8 Å². The average molecular weight is 474 g/mol. The minimum Gasteiger partial charge on any atom is -0.488 e. The first-order valence-corrected chi connectivity index (χ1v) is 10.6. The fourth-order valence-electron chi connectivity index (χ4n) is 3.88. The third kappa shape index (κ3) is 5.03. The van der Waals surface area contributed by atoms with Crippen LogP contribution >= 0.6 is 11.6 Å². The molecule has 0 radical (unpaired) electrons. The minimum absolute atomic E-state index is 0.0907. The Balaban J connectivity index is 1.79. The monoisotopic (exact) mass is 473 g/mol. The number of hydrogen-bond acceptors (Lipinski definition) is 3. The van der Waals surface area contributed by atoms with Crippen molar-refractivity contribution in [3.05, 3.63) is 93.8 Å². The van der Waals surface area contributed by atoms with Gasteiger partial charge in [-0.3, -0.25) is 0 Å². The van der Waals surface area contributed by atoms with Crippen LogP contribution in [0.25, 0.3) is 11.1 Å². The molecule has 0 saturated heterocycles. The Hall–Kier alpha value is -3.32. The Morgan fingerprint density at radius 1 is 1.03 bits per heavy atom. The van der Waals surface area contributed by atoms with Crippen LogP contribution in [0.2, 0.25) is 5.02 Å². The summed E-state index contributed by atoms with van der Waals surface area (Å²) in [4.78, 5) is 15.5. The second-order valence-electron chi connectivity index (χ2n) is 7.61. The summed E-state index contributed by atoms with van der Waals surface area (Å²) in [7, 11) is 0. The second-order valence-corrected chi connectivity index (χ2v) is 8.02. The highest BCUT2D eigenvalue weighted by Gasteiger charge is 2.32. The number of carboxylic acid groups (broad SMARTS) is 1. The number of benzene rings is 2. The number of nitrogens with zero attached hydrogens (tertiary/aromatic N) is 1. The van der Waals surface area contributed by atoms with Gasteiger partial charge in [-0.25, -0.2) is 9.78 Å². The van der Waals surface area contributed by atoms with Crippen LogP contribution in [-0.4, -0.2) is 16.1 Å². The van der Waals surface area contributed by atoms with E-state index in [2.05, 4.69) is 4.98 Å².